The average molecular weight is 340 g/mol. The number of carbonyl (C=O) groups is 1. The van der Waals surface area contributed by atoms with Crippen LogP contribution in [0.5, 0.6) is 5.75 Å². The van der Waals surface area contributed by atoms with E-state index in [0.29, 0.717) is 19.6 Å². The van der Waals surface area contributed by atoms with Crippen molar-refractivity contribution in [2.45, 2.75) is 45.8 Å². The minimum atomic E-state index is 0.0657. The third-order valence-corrected chi connectivity index (χ3v) is 4.01. The van der Waals surface area contributed by atoms with Crippen LogP contribution in [-0.2, 0) is 17.8 Å². The summed E-state index contributed by atoms with van der Waals surface area (Å²) >= 11 is 0. The highest BCUT2D eigenvalue weighted by Gasteiger charge is 2.08. The summed E-state index contributed by atoms with van der Waals surface area (Å²) in [5.74, 6) is 0.917. The Morgan fingerprint density at radius 3 is 2.36 bits per heavy atom. The first-order valence-electron chi connectivity index (χ1n) is 8.83. The monoisotopic (exact) mass is 340 g/mol. The van der Waals surface area contributed by atoms with Crippen molar-refractivity contribution >= 4 is 5.91 Å². The number of nitrogens with two attached hydrogens (primary N) is 1. The van der Waals surface area contributed by atoms with Crippen LogP contribution >= 0.6 is 0 Å². The van der Waals surface area contributed by atoms with E-state index < -0.39 is 0 Å². The molecule has 1 unspecified atom stereocenters. The van der Waals surface area contributed by atoms with Gasteiger partial charge in [0.15, 0.2) is 0 Å². The highest BCUT2D eigenvalue weighted by atomic mass is 16.5. The lowest BCUT2D eigenvalue weighted by atomic mass is 10.1. The maximum atomic E-state index is 11.7. The summed E-state index contributed by atoms with van der Waals surface area (Å²) in [6.07, 6.45) is 2.02. The van der Waals surface area contributed by atoms with Crippen molar-refractivity contribution in [1.82, 2.24) is 5.32 Å². The van der Waals surface area contributed by atoms with E-state index in [4.69, 9.17) is 10.5 Å². The first-order valence-corrected chi connectivity index (χ1v) is 8.83. The van der Waals surface area contributed by atoms with Crippen LogP contribution in [0.2, 0.25) is 0 Å². The molecule has 3 N–H and O–H groups in total. The molecular formula is C21H28N2O2. The Balaban J connectivity index is 1.78. The van der Waals surface area contributed by atoms with Crippen LogP contribution in [0.1, 0.15) is 36.5 Å². The standard InChI is InChI=1S/C21H28N2O2/c1-16-5-7-19(8-6-16)15-25-20-11-9-18(10-12-20)14-17(2)23-21(24)4-3-13-22/h5-12,17H,3-4,13-15,22H2,1-2H3,(H,23,24). The zero-order chi connectivity index (χ0) is 18.1. The second kappa shape index (κ2) is 9.84. The fraction of sp³-hybridized carbons (Fsp3) is 0.381. The molecule has 25 heavy (non-hydrogen) atoms. The Hall–Kier alpha value is -2.33. The SMILES string of the molecule is Cc1ccc(COc2ccc(CC(C)NC(=O)CCCN)cc2)cc1. The summed E-state index contributed by atoms with van der Waals surface area (Å²) in [5.41, 5.74) is 9.00. The van der Waals surface area contributed by atoms with Gasteiger partial charge in [-0.3, -0.25) is 4.79 Å². The number of hydrogen-bond donors (Lipinski definition) is 2. The number of amides is 1. The molecule has 0 aromatic heterocycles. The molecule has 0 aliphatic rings. The van der Waals surface area contributed by atoms with Crippen molar-refractivity contribution in [2.24, 2.45) is 5.73 Å². The minimum Gasteiger partial charge on any atom is -0.489 e. The maximum absolute atomic E-state index is 11.7. The molecule has 0 radical (unpaired) electrons. The van der Waals surface area contributed by atoms with Gasteiger partial charge in [-0.1, -0.05) is 42.0 Å². The van der Waals surface area contributed by atoms with Gasteiger partial charge in [0.05, 0.1) is 0 Å². The van der Waals surface area contributed by atoms with E-state index in [9.17, 15) is 4.79 Å². The summed E-state index contributed by atoms with van der Waals surface area (Å²) in [6.45, 7) is 5.20. The number of hydrogen-bond acceptors (Lipinski definition) is 3. The van der Waals surface area contributed by atoms with E-state index in [0.717, 1.165) is 24.2 Å². The molecule has 0 aliphatic heterocycles. The molecule has 0 aliphatic carbocycles. The number of benzene rings is 2. The van der Waals surface area contributed by atoms with E-state index in [2.05, 4.69) is 36.5 Å². The lowest BCUT2D eigenvalue weighted by Crippen LogP contribution is -2.34. The topological polar surface area (TPSA) is 64.3 Å². The number of carbonyl (C=O) groups excluding carboxylic acids is 1. The zero-order valence-electron chi connectivity index (χ0n) is 15.1. The van der Waals surface area contributed by atoms with Crippen LogP contribution in [0.3, 0.4) is 0 Å². The van der Waals surface area contributed by atoms with Crippen LogP contribution in [0.25, 0.3) is 0 Å². The summed E-state index contributed by atoms with van der Waals surface area (Å²) in [5, 5.41) is 3.00. The van der Waals surface area contributed by atoms with Gasteiger partial charge in [-0.25, -0.2) is 0 Å². The molecule has 134 valence electrons. The average Bonchev–Trinajstić information content (AvgIpc) is 2.60. The van der Waals surface area contributed by atoms with Gasteiger partial charge in [-0.05, 0) is 56.5 Å². The third kappa shape index (κ3) is 6.98. The van der Waals surface area contributed by atoms with Gasteiger partial charge in [0.2, 0.25) is 5.91 Å². The zero-order valence-corrected chi connectivity index (χ0v) is 15.1. The molecule has 1 amide bonds. The van der Waals surface area contributed by atoms with Crippen molar-refractivity contribution in [3.05, 3.63) is 65.2 Å². The second-order valence-electron chi connectivity index (χ2n) is 6.48. The van der Waals surface area contributed by atoms with Crippen LogP contribution < -0.4 is 15.8 Å². The Kier molecular flexibility index (Phi) is 7.48. The second-order valence-corrected chi connectivity index (χ2v) is 6.48. The Morgan fingerprint density at radius 1 is 1.08 bits per heavy atom. The molecule has 1 atom stereocenters. The van der Waals surface area contributed by atoms with E-state index in [1.165, 1.54) is 11.1 Å². The molecule has 0 bridgehead atoms. The van der Waals surface area contributed by atoms with Crippen molar-refractivity contribution in [1.29, 1.82) is 0 Å². The van der Waals surface area contributed by atoms with Gasteiger partial charge >= 0.3 is 0 Å². The molecule has 4 nitrogen and oxygen atoms in total. The van der Waals surface area contributed by atoms with Gasteiger partial charge in [-0.2, -0.15) is 0 Å². The van der Waals surface area contributed by atoms with Crippen LogP contribution in [0.15, 0.2) is 48.5 Å². The molecule has 0 heterocycles. The number of ether oxygens (including phenoxy) is 1. The number of nitrogens with one attached hydrogen (secondary N) is 1. The minimum absolute atomic E-state index is 0.0657. The maximum Gasteiger partial charge on any atom is 0.220 e. The summed E-state index contributed by atoms with van der Waals surface area (Å²) < 4.78 is 5.82. The summed E-state index contributed by atoms with van der Waals surface area (Å²) in [4.78, 5) is 11.7. The Labute approximate surface area is 150 Å². The van der Waals surface area contributed by atoms with E-state index in [1.54, 1.807) is 0 Å². The molecule has 0 fully saturated rings. The highest BCUT2D eigenvalue weighted by molar-refractivity contribution is 5.76. The van der Waals surface area contributed by atoms with Crippen LogP contribution in [0.4, 0.5) is 0 Å². The fourth-order valence-electron chi connectivity index (χ4n) is 2.59. The predicted octanol–water partition coefficient (Wildman–Crippen LogP) is 3.36. The Bertz CT molecular complexity index is 651. The summed E-state index contributed by atoms with van der Waals surface area (Å²) in [7, 11) is 0. The molecule has 2 aromatic carbocycles. The van der Waals surface area contributed by atoms with Gasteiger partial charge in [0.1, 0.15) is 12.4 Å². The molecule has 0 spiro atoms. The van der Waals surface area contributed by atoms with Gasteiger partial charge in [0.25, 0.3) is 0 Å². The van der Waals surface area contributed by atoms with Crippen LogP contribution in [0, 0.1) is 6.92 Å². The molecule has 2 aromatic rings. The molecular weight excluding hydrogens is 312 g/mol. The van der Waals surface area contributed by atoms with E-state index in [-0.39, 0.29) is 11.9 Å². The van der Waals surface area contributed by atoms with E-state index >= 15 is 0 Å². The largest absolute Gasteiger partial charge is 0.489 e. The highest BCUT2D eigenvalue weighted by Crippen LogP contribution is 2.15. The van der Waals surface area contributed by atoms with Gasteiger partial charge in [-0.15, -0.1) is 0 Å². The first kappa shape index (κ1) is 19.0. The lowest BCUT2D eigenvalue weighted by molar-refractivity contribution is -0.121. The molecule has 2 rings (SSSR count). The fourth-order valence-corrected chi connectivity index (χ4v) is 2.59. The smallest absolute Gasteiger partial charge is 0.220 e. The van der Waals surface area contributed by atoms with Crippen molar-refractivity contribution in [3.8, 4) is 5.75 Å². The van der Waals surface area contributed by atoms with Crippen molar-refractivity contribution in [3.63, 3.8) is 0 Å². The van der Waals surface area contributed by atoms with E-state index in [1.807, 2.05) is 31.2 Å². The van der Waals surface area contributed by atoms with Crippen LogP contribution in [-0.4, -0.2) is 18.5 Å². The lowest BCUT2D eigenvalue weighted by Gasteiger charge is -2.14. The van der Waals surface area contributed by atoms with Crippen molar-refractivity contribution < 1.29 is 9.53 Å². The predicted molar refractivity (Wildman–Crippen MR) is 102 cm³/mol. The van der Waals surface area contributed by atoms with Gasteiger partial charge < -0.3 is 15.8 Å². The first-order chi connectivity index (χ1) is 12.1. The summed E-state index contributed by atoms with van der Waals surface area (Å²) in [6, 6.07) is 16.5. The van der Waals surface area contributed by atoms with Crippen molar-refractivity contribution in [2.75, 3.05) is 6.54 Å². The molecule has 4 heteroatoms. The quantitative estimate of drug-likeness (QED) is 0.736. The third-order valence-electron chi connectivity index (χ3n) is 4.01. The van der Waals surface area contributed by atoms with Gasteiger partial charge in [0, 0.05) is 12.5 Å². The normalized spacial score (nSPS) is 11.8. The number of rotatable bonds is 9. The number of aryl methyl sites for hydroxylation is 1. The molecule has 0 saturated heterocycles. The Morgan fingerprint density at radius 2 is 1.72 bits per heavy atom. The molecule has 0 saturated carbocycles.